The molecule has 0 nitrogen and oxygen atoms in total. The highest BCUT2D eigenvalue weighted by atomic mass is 14.0. The molecule has 1 aliphatic carbocycles. The van der Waals surface area contributed by atoms with Crippen LogP contribution in [-0.2, 0) is 0 Å². The normalized spacial score (nSPS) is 25.6. The fourth-order valence-corrected chi connectivity index (χ4v) is 2.08. The number of rotatable bonds is 3. The number of hydrogen-bond acceptors (Lipinski definition) is 0. The van der Waals surface area contributed by atoms with Crippen LogP contribution in [0.3, 0.4) is 0 Å². The summed E-state index contributed by atoms with van der Waals surface area (Å²) in [6.07, 6.45) is 25.9. The summed E-state index contributed by atoms with van der Waals surface area (Å²) in [7, 11) is 0. The van der Waals surface area contributed by atoms with E-state index >= 15 is 0 Å². The first-order valence-electron chi connectivity index (χ1n) is 7.02. The predicted octanol–water partition coefficient (Wildman–Crippen LogP) is 5.74. The Bertz CT molecular complexity index is 289. The van der Waals surface area contributed by atoms with Gasteiger partial charge in [-0.15, -0.1) is 0 Å². The second kappa shape index (κ2) is 10.1. The van der Waals surface area contributed by atoms with E-state index < -0.39 is 0 Å². The van der Waals surface area contributed by atoms with Gasteiger partial charge in [0.05, 0.1) is 0 Å². The molecule has 0 spiro atoms. The Morgan fingerprint density at radius 3 is 2.29 bits per heavy atom. The van der Waals surface area contributed by atoms with E-state index in [1.165, 1.54) is 51.4 Å². The Kier molecular flexibility index (Phi) is 8.36. The molecule has 0 aromatic heterocycles. The van der Waals surface area contributed by atoms with Crippen LogP contribution in [0.4, 0.5) is 0 Å². The van der Waals surface area contributed by atoms with Crippen molar-refractivity contribution < 1.29 is 0 Å². The summed E-state index contributed by atoms with van der Waals surface area (Å²) < 4.78 is 0. The van der Waals surface area contributed by atoms with Crippen molar-refractivity contribution in [1.82, 2.24) is 0 Å². The van der Waals surface area contributed by atoms with Gasteiger partial charge in [0.2, 0.25) is 0 Å². The van der Waals surface area contributed by atoms with E-state index in [0.717, 1.165) is 0 Å². The summed E-state index contributed by atoms with van der Waals surface area (Å²) in [5, 5.41) is 0. The molecule has 1 aliphatic rings. The maximum absolute atomic E-state index is 2.46. The van der Waals surface area contributed by atoms with Crippen molar-refractivity contribution in [1.29, 1.82) is 0 Å². The summed E-state index contributed by atoms with van der Waals surface area (Å²) in [6, 6.07) is 0. The Balaban J connectivity index is 2.45. The molecule has 0 saturated heterocycles. The lowest BCUT2D eigenvalue weighted by molar-refractivity contribution is 0.840. The largest absolute Gasteiger partial charge is 0.0917 e. The van der Waals surface area contributed by atoms with Crippen molar-refractivity contribution in [3.63, 3.8) is 0 Å². The van der Waals surface area contributed by atoms with Gasteiger partial charge >= 0.3 is 0 Å². The molecule has 0 heteroatoms. The highest BCUT2D eigenvalue weighted by Crippen LogP contribution is 2.16. The zero-order valence-electron chi connectivity index (χ0n) is 11.2. The summed E-state index contributed by atoms with van der Waals surface area (Å²) in [5.41, 5.74) is 1.64. The van der Waals surface area contributed by atoms with E-state index in [4.69, 9.17) is 0 Å². The van der Waals surface area contributed by atoms with Gasteiger partial charge < -0.3 is 0 Å². The van der Waals surface area contributed by atoms with Crippen molar-refractivity contribution in [2.45, 2.75) is 58.3 Å². The molecule has 0 amide bonds. The van der Waals surface area contributed by atoms with E-state index in [1.54, 1.807) is 5.57 Å². The van der Waals surface area contributed by atoms with Gasteiger partial charge in [0.15, 0.2) is 0 Å². The Hall–Kier alpha value is -1.04. The minimum absolute atomic E-state index is 1.20. The number of hydrogen-bond donors (Lipinski definition) is 0. The summed E-state index contributed by atoms with van der Waals surface area (Å²) >= 11 is 0. The van der Waals surface area contributed by atoms with Gasteiger partial charge in [0.25, 0.3) is 0 Å². The summed E-state index contributed by atoms with van der Waals surface area (Å²) in [6.45, 7) is 2.10. The third kappa shape index (κ3) is 7.79. The molecule has 94 valence electrons. The molecule has 0 bridgehead atoms. The van der Waals surface area contributed by atoms with Crippen molar-refractivity contribution in [3.8, 4) is 0 Å². The summed E-state index contributed by atoms with van der Waals surface area (Å²) in [5.74, 6) is 0. The Morgan fingerprint density at radius 1 is 0.941 bits per heavy atom. The topological polar surface area (TPSA) is 0 Å². The molecule has 0 N–H and O–H groups in total. The fraction of sp³-hybridized carbons (Fsp3) is 0.529. The van der Waals surface area contributed by atoms with Crippen LogP contribution < -0.4 is 0 Å². The highest BCUT2D eigenvalue weighted by Gasteiger charge is 1.96. The van der Waals surface area contributed by atoms with Crippen molar-refractivity contribution in [3.05, 3.63) is 48.1 Å². The first-order valence-corrected chi connectivity index (χ1v) is 7.02. The van der Waals surface area contributed by atoms with Crippen molar-refractivity contribution in [2.24, 2.45) is 0 Å². The maximum atomic E-state index is 2.46. The maximum Gasteiger partial charge on any atom is -0.0285 e. The molecular formula is C17H26. The zero-order chi connectivity index (χ0) is 12.2. The predicted molar refractivity (Wildman–Crippen MR) is 78.1 cm³/mol. The Labute approximate surface area is 107 Å². The lowest BCUT2D eigenvalue weighted by Crippen LogP contribution is -1.85. The van der Waals surface area contributed by atoms with Crippen LogP contribution in [0.25, 0.3) is 0 Å². The van der Waals surface area contributed by atoms with Gasteiger partial charge in [-0.1, -0.05) is 48.1 Å². The molecule has 0 saturated carbocycles. The van der Waals surface area contributed by atoms with E-state index in [1.807, 2.05) is 0 Å². The third-order valence-corrected chi connectivity index (χ3v) is 3.10. The van der Waals surface area contributed by atoms with Gasteiger partial charge in [0, 0.05) is 0 Å². The molecular weight excluding hydrogens is 204 g/mol. The van der Waals surface area contributed by atoms with E-state index in [0.29, 0.717) is 0 Å². The monoisotopic (exact) mass is 230 g/mol. The van der Waals surface area contributed by atoms with Gasteiger partial charge in [-0.3, -0.25) is 0 Å². The van der Waals surface area contributed by atoms with E-state index in [9.17, 15) is 0 Å². The van der Waals surface area contributed by atoms with Crippen molar-refractivity contribution in [2.75, 3.05) is 0 Å². The van der Waals surface area contributed by atoms with Crippen LogP contribution in [0, 0.1) is 0 Å². The third-order valence-electron chi connectivity index (χ3n) is 3.10. The zero-order valence-corrected chi connectivity index (χ0v) is 11.2. The second-order valence-corrected chi connectivity index (χ2v) is 4.61. The molecule has 0 aliphatic heterocycles. The van der Waals surface area contributed by atoms with Crippen LogP contribution >= 0.6 is 0 Å². The molecule has 0 fully saturated rings. The minimum Gasteiger partial charge on any atom is -0.0917 e. The SMILES string of the molecule is C/C=C/CC/C1=C\CC/C=C/CC/C=C/CC1. The van der Waals surface area contributed by atoms with Gasteiger partial charge in [0.1, 0.15) is 0 Å². The van der Waals surface area contributed by atoms with Crippen LogP contribution in [0.15, 0.2) is 48.1 Å². The molecule has 1 rings (SSSR count). The van der Waals surface area contributed by atoms with E-state index in [-0.39, 0.29) is 0 Å². The summed E-state index contributed by atoms with van der Waals surface area (Å²) in [4.78, 5) is 0. The van der Waals surface area contributed by atoms with Gasteiger partial charge in [-0.05, 0) is 58.3 Å². The molecule has 0 heterocycles. The molecule has 0 radical (unpaired) electrons. The van der Waals surface area contributed by atoms with Crippen LogP contribution in [0.2, 0.25) is 0 Å². The first-order chi connectivity index (χ1) is 8.43. The van der Waals surface area contributed by atoms with Crippen LogP contribution in [0.1, 0.15) is 58.3 Å². The average Bonchev–Trinajstić information content (AvgIpc) is 2.32. The molecule has 0 aromatic carbocycles. The van der Waals surface area contributed by atoms with Gasteiger partial charge in [-0.25, -0.2) is 0 Å². The second-order valence-electron chi connectivity index (χ2n) is 4.61. The average molecular weight is 230 g/mol. The standard InChI is InChI=1S/C17H26/c1-2-3-11-14-17-15-12-9-7-5-4-6-8-10-13-16-17/h2-3,5,7-8,10,15H,4,6,9,11-14,16H2,1H3/b3-2+,7-5+,10-8+,17-15+. The number of allylic oxidation sites excluding steroid dienone is 8. The highest BCUT2D eigenvalue weighted by molar-refractivity contribution is 5.06. The molecule has 0 atom stereocenters. The fourth-order valence-electron chi connectivity index (χ4n) is 2.08. The lowest BCUT2D eigenvalue weighted by Gasteiger charge is -2.05. The first kappa shape index (κ1) is 14.0. The Morgan fingerprint density at radius 2 is 1.59 bits per heavy atom. The smallest absolute Gasteiger partial charge is 0.0285 e. The van der Waals surface area contributed by atoms with E-state index in [2.05, 4.69) is 49.5 Å². The van der Waals surface area contributed by atoms with Crippen LogP contribution in [-0.4, -0.2) is 0 Å². The lowest BCUT2D eigenvalue weighted by atomic mass is 10.0. The quantitative estimate of drug-likeness (QED) is 0.543. The minimum atomic E-state index is 1.20. The molecule has 0 aromatic rings. The van der Waals surface area contributed by atoms with Crippen molar-refractivity contribution >= 4 is 0 Å². The molecule has 17 heavy (non-hydrogen) atoms. The van der Waals surface area contributed by atoms with Crippen LogP contribution in [0.5, 0.6) is 0 Å². The van der Waals surface area contributed by atoms with Gasteiger partial charge in [-0.2, -0.15) is 0 Å². The molecule has 0 unspecified atom stereocenters.